The number of anilines is 1. The van der Waals surface area contributed by atoms with E-state index in [4.69, 9.17) is 5.73 Å². The second-order valence-electron chi connectivity index (χ2n) is 4.24. The second-order valence-corrected chi connectivity index (χ2v) is 4.24. The Labute approximate surface area is 89.3 Å². The van der Waals surface area contributed by atoms with Gasteiger partial charge in [-0.15, -0.1) is 0 Å². The van der Waals surface area contributed by atoms with E-state index in [9.17, 15) is 4.79 Å². The molecule has 0 radical (unpaired) electrons. The Kier molecular flexibility index (Phi) is 2.77. The highest BCUT2D eigenvalue weighted by atomic mass is 16.1. The number of nitrogens with two attached hydrogens (primary N) is 1. The van der Waals surface area contributed by atoms with E-state index in [0.717, 1.165) is 25.9 Å². The molecule has 4 heteroatoms. The van der Waals surface area contributed by atoms with Crippen molar-refractivity contribution in [3.8, 4) is 0 Å². The number of pyridine rings is 1. The Morgan fingerprint density at radius 1 is 1.33 bits per heavy atom. The Morgan fingerprint density at radius 2 is 2.00 bits per heavy atom. The van der Waals surface area contributed by atoms with Crippen LogP contribution >= 0.6 is 0 Å². The molecule has 0 atom stereocenters. The fourth-order valence-corrected chi connectivity index (χ4v) is 2.08. The summed E-state index contributed by atoms with van der Waals surface area (Å²) in [4.78, 5) is 13.9. The van der Waals surface area contributed by atoms with Crippen LogP contribution < -0.4 is 11.3 Å². The summed E-state index contributed by atoms with van der Waals surface area (Å²) >= 11 is 0. The predicted molar refractivity (Wildman–Crippen MR) is 60.9 cm³/mol. The second kappa shape index (κ2) is 4.06. The van der Waals surface area contributed by atoms with Crippen molar-refractivity contribution in [2.45, 2.75) is 18.9 Å². The van der Waals surface area contributed by atoms with Crippen LogP contribution in [0.5, 0.6) is 0 Å². The van der Waals surface area contributed by atoms with Gasteiger partial charge in [0.2, 0.25) is 0 Å². The lowest BCUT2D eigenvalue weighted by atomic mass is 10.1. The van der Waals surface area contributed by atoms with Crippen molar-refractivity contribution >= 4 is 5.69 Å². The molecule has 4 nitrogen and oxygen atoms in total. The van der Waals surface area contributed by atoms with Gasteiger partial charge in [-0.1, -0.05) is 0 Å². The highest BCUT2D eigenvalue weighted by molar-refractivity contribution is 5.33. The molecule has 1 aromatic rings. The van der Waals surface area contributed by atoms with E-state index in [0.29, 0.717) is 11.7 Å². The van der Waals surface area contributed by atoms with E-state index in [1.54, 1.807) is 22.9 Å². The summed E-state index contributed by atoms with van der Waals surface area (Å²) < 4.78 is 1.78. The zero-order valence-corrected chi connectivity index (χ0v) is 9.02. The Bertz CT molecular complexity index is 391. The monoisotopic (exact) mass is 207 g/mol. The Hall–Kier alpha value is -1.29. The van der Waals surface area contributed by atoms with Gasteiger partial charge in [-0.3, -0.25) is 4.79 Å². The van der Waals surface area contributed by atoms with Crippen molar-refractivity contribution in [1.29, 1.82) is 0 Å². The minimum Gasteiger partial charge on any atom is -0.398 e. The molecule has 2 heterocycles. The van der Waals surface area contributed by atoms with Gasteiger partial charge >= 0.3 is 0 Å². The molecule has 1 saturated heterocycles. The van der Waals surface area contributed by atoms with Gasteiger partial charge in [-0.05, 0) is 39.0 Å². The van der Waals surface area contributed by atoms with Gasteiger partial charge in [-0.25, -0.2) is 0 Å². The van der Waals surface area contributed by atoms with E-state index in [2.05, 4.69) is 11.9 Å². The first kappa shape index (κ1) is 10.2. The molecule has 1 aliphatic heterocycles. The number of likely N-dealkylation sites (tertiary alicyclic amines) is 1. The number of hydrogen-bond donors (Lipinski definition) is 1. The zero-order chi connectivity index (χ0) is 10.8. The first-order chi connectivity index (χ1) is 7.16. The largest absolute Gasteiger partial charge is 0.398 e. The third-order valence-electron chi connectivity index (χ3n) is 3.04. The van der Waals surface area contributed by atoms with Gasteiger partial charge in [0.15, 0.2) is 0 Å². The predicted octanol–water partition coefficient (Wildman–Crippen LogP) is 0.697. The van der Waals surface area contributed by atoms with Gasteiger partial charge in [-0.2, -0.15) is 0 Å². The maximum Gasteiger partial charge on any atom is 0.250 e. The molecular weight excluding hydrogens is 190 g/mol. The van der Waals surface area contributed by atoms with Crippen LogP contribution in [-0.2, 0) is 0 Å². The molecule has 0 bridgehead atoms. The minimum absolute atomic E-state index is 0.0544. The summed E-state index contributed by atoms with van der Waals surface area (Å²) in [6.45, 7) is 2.10. The fraction of sp³-hybridized carbons (Fsp3) is 0.545. The van der Waals surface area contributed by atoms with E-state index < -0.39 is 0 Å². The molecule has 0 unspecified atom stereocenters. The Morgan fingerprint density at radius 3 is 2.67 bits per heavy atom. The van der Waals surface area contributed by atoms with Crippen molar-refractivity contribution < 1.29 is 0 Å². The van der Waals surface area contributed by atoms with Crippen molar-refractivity contribution in [3.05, 3.63) is 28.7 Å². The van der Waals surface area contributed by atoms with Gasteiger partial charge in [0, 0.05) is 24.0 Å². The van der Waals surface area contributed by atoms with Crippen molar-refractivity contribution in [2.24, 2.45) is 0 Å². The lowest BCUT2D eigenvalue weighted by molar-refractivity contribution is 0.219. The van der Waals surface area contributed by atoms with Crippen LogP contribution in [0.15, 0.2) is 23.1 Å². The van der Waals surface area contributed by atoms with Crippen LogP contribution in [0.1, 0.15) is 18.9 Å². The number of rotatable bonds is 1. The molecule has 1 aliphatic rings. The summed E-state index contributed by atoms with van der Waals surface area (Å²) in [7, 11) is 2.11. The van der Waals surface area contributed by atoms with E-state index >= 15 is 0 Å². The van der Waals surface area contributed by atoms with Crippen LogP contribution in [0.25, 0.3) is 0 Å². The zero-order valence-electron chi connectivity index (χ0n) is 9.02. The van der Waals surface area contributed by atoms with Crippen molar-refractivity contribution in [2.75, 3.05) is 25.9 Å². The summed E-state index contributed by atoms with van der Waals surface area (Å²) in [5, 5.41) is 0. The number of aromatic nitrogens is 1. The molecule has 0 amide bonds. The normalized spacial score (nSPS) is 19.3. The number of hydrogen-bond acceptors (Lipinski definition) is 3. The third kappa shape index (κ3) is 2.21. The van der Waals surface area contributed by atoms with Crippen LogP contribution in [0.2, 0.25) is 0 Å². The van der Waals surface area contributed by atoms with Crippen LogP contribution in [-0.4, -0.2) is 29.6 Å². The molecule has 1 fully saturated rings. The van der Waals surface area contributed by atoms with Gasteiger partial charge < -0.3 is 15.2 Å². The number of piperidine rings is 1. The summed E-state index contributed by atoms with van der Waals surface area (Å²) in [5.74, 6) is 0. The smallest absolute Gasteiger partial charge is 0.250 e. The van der Waals surface area contributed by atoms with Crippen LogP contribution in [0, 0.1) is 0 Å². The lowest BCUT2D eigenvalue weighted by Crippen LogP contribution is -2.35. The standard InChI is InChI=1S/C11H17N3O/c1-13-6-4-10(5-7-13)14-8-9(12)2-3-11(14)15/h2-3,8,10H,4-7,12H2,1H3. The molecule has 15 heavy (non-hydrogen) atoms. The minimum atomic E-state index is 0.0544. The molecule has 82 valence electrons. The molecular formula is C11H17N3O. The average Bonchev–Trinajstić information content (AvgIpc) is 2.23. The fourth-order valence-electron chi connectivity index (χ4n) is 2.08. The highest BCUT2D eigenvalue weighted by Crippen LogP contribution is 2.20. The van der Waals surface area contributed by atoms with Crippen LogP contribution in [0.3, 0.4) is 0 Å². The van der Waals surface area contributed by atoms with E-state index in [1.165, 1.54) is 0 Å². The first-order valence-electron chi connectivity index (χ1n) is 5.33. The van der Waals surface area contributed by atoms with Crippen LogP contribution in [0.4, 0.5) is 5.69 Å². The lowest BCUT2D eigenvalue weighted by Gasteiger charge is -2.30. The molecule has 0 aliphatic carbocycles. The quantitative estimate of drug-likeness (QED) is 0.737. The van der Waals surface area contributed by atoms with Gasteiger partial charge in [0.25, 0.3) is 5.56 Å². The van der Waals surface area contributed by atoms with Crippen molar-refractivity contribution in [1.82, 2.24) is 9.47 Å². The SMILES string of the molecule is CN1CCC(n2cc(N)ccc2=O)CC1. The molecule has 2 rings (SSSR count). The van der Waals surface area contributed by atoms with E-state index in [-0.39, 0.29) is 5.56 Å². The molecule has 1 aromatic heterocycles. The molecule has 0 spiro atoms. The molecule has 0 saturated carbocycles. The maximum atomic E-state index is 11.6. The summed E-state index contributed by atoms with van der Waals surface area (Å²) in [5.41, 5.74) is 6.41. The van der Waals surface area contributed by atoms with Gasteiger partial charge in [0.05, 0.1) is 0 Å². The number of nitrogen functional groups attached to an aromatic ring is 1. The van der Waals surface area contributed by atoms with E-state index in [1.807, 2.05) is 0 Å². The highest BCUT2D eigenvalue weighted by Gasteiger charge is 2.18. The maximum absolute atomic E-state index is 11.6. The number of nitrogens with zero attached hydrogens (tertiary/aromatic N) is 2. The van der Waals surface area contributed by atoms with Gasteiger partial charge in [0.1, 0.15) is 0 Å². The molecule has 2 N–H and O–H groups in total. The molecule has 0 aromatic carbocycles. The van der Waals surface area contributed by atoms with Crippen molar-refractivity contribution in [3.63, 3.8) is 0 Å². The summed E-state index contributed by atoms with van der Waals surface area (Å²) in [6.07, 6.45) is 3.82. The Balaban J connectivity index is 2.22. The summed E-state index contributed by atoms with van der Waals surface area (Å²) in [6, 6.07) is 3.53. The third-order valence-corrected chi connectivity index (χ3v) is 3.04. The first-order valence-corrected chi connectivity index (χ1v) is 5.33. The average molecular weight is 207 g/mol. The topological polar surface area (TPSA) is 51.3 Å².